The van der Waals surface area contributed by atoms with E-state index in [9.17, 15) is 14.0 Å². The number of thiazole rings is 1. The monoisotopic (exact) mass is 389 g/mol. The standard InChI is InChI=1S/C18H16FN3O2S2/c1-22(10-16(23)20-13-6-4-12(19)5-7-13)17(24)9-14-11-26-18(21-14)15-3-2-8-25-15/h2-8,11H,9-10H2,1H3,(H,20,23). The summed E-state index contributed by atoms with van der Waals surface area (Å²) >= 11 is 3.10. The van der Waals surface area contributed by atoms with Gasteiger partial charge in [0, 0.05) is 18.1 Å². The number of hydrogen-bond donors (Lipinski definition) is 1. The van der Waals surface area contributed by atoms with Gasteiger partial charge in [0.1, 0.15) is 10.8 Å². The Labute approximate surface area is 158 Å². The lowest BCUT2D eigenvalue weighted by molar-refractivity contribution is -0.132. The quantitative estimate of drug-likeness (QED) is 0.700. The van der Waals surface area contributed by atoms with E-state index in [2.05, 4.69) is 10.3 Å². The molecule has 0 aliphatic rings. The van der Waals surface area contributed by atoms with Gasteiger partial charge in [-0.25, -0.2) is 9.37 Å². The van der Waals surface area contributed by atoms with Crippen molar-refractivity contribution in [1.82, 2.24) is 9.88 Å². The van der Waals surface area contributed by atoms with Crippen LogP contribution in [0.1, 0.15) is 5.69 Å². The lowest BCUT2D eigenvalue weighted by Crippen LogP contribution is -2.35. The number of nitrogens with zero attached hydrogens (tertiary/aromatic N) is 2. The minimum Gasteiger partial charge on any atom is -0.336 e. The van der Waals surface area contributed by atoms with Crippen LogP contribution in [0, 0.1) is 5.82 Å². The number of halogens is 1. The third kappa shape index (κ3) is 4.74. The Hall–Kier alpha value is -2.58. The summed E-state index contributed by atoms with van der Waals surface area (Å²) in [6.07, 6.45) is 0.141. The fourth-order valence-corrected chi connectivity index (χ4v) is 3.86. The summed E-state index contributed by atoms with van der Waals surface area (Å²) in [5, 5.41) is 7.36. The molecule has 134 valence electrons. The zero-order valence-corrected chi connectivity index (χ0v) is 15.6. The molecule has 8 heteroatoms. The van der Waals surface area contributed by atoms with Gasteiger partial charge in [-0.2, -0.15) is 0 Å². The van der Waals surface area contributed by atoms with Crippen molar-refractivity contribution in [3.63, 3.8) is 0 Å². The fraction of sp³-hybridized carbons (Fsp3) is 0.167. The SMILES string of the molecule is CN(CC(=O)Nc1ccc(F)cc1)C(=O)Cc1csc(-c2cccs2)n1. The molecule has 5 nitrogen and oxygen atoms in total. The molecule has 0 bridgehead atoms. The van der Waals surface area contributed by atoms with E-state index >= 15 is 0 Å². The molecule has 0 unspecified atom stereocenters. The van der Waals surface area contributed by atoms with Crippen molar-refractivity contribution in [3.8, 4) is 9.88 Å². The number of benzene rings is 1. The molecule has 2 aromatic heterocycles. The number of amides is 2. The molecule has 2 amide bonds. The van der Waals surface area contributed by atoms with Crippen molar-refractivity contribution in [3.05, 3.63) is 58.7 Å². The average molecular weight is 389 g/mol. The van der Waals surface area contributed by atoms with E-state index in [-0.39, 0.29) is 30.6 Å². The molecule has 0 aliphatic carbocycles. The number of hydrogen-bond acceptors (Lipinski definition) is 5. The molecule has 1 N–H and O–H groups in total. The molecule has 0 spiro atoms. The fourth-order valence-electron chi connectivity index (χ4n) is 2.23. The Balaban J connectivity index is 1.52. The summed E-state index contributed by atoms with van der Waals surface area (Å²) in [7, 11) is 1.57. The summed E-state index contributed by atoms with van der Waals surface area (Å²) in [5.74, 6) is -0.909. The molecule has 0 fully saturated rings. The third-order valence-electron chi connectivity index (χ3n) is 3.55. The second-order valence-electron chi connectivity index (χ2n) is 5.60. The minimum atomic E-state index is -0.375. The molecule has 2 heterocycles. The van der Waals surface area contributed by atoms with Crippen LogP contribution in [0.15, 0.2) is 47.2 Å². The maximum absolute atomic E-state index is 12.9. The Morgan fingerprint density at radius 3 is 2.65 bits per heavy atom. The molecule has 0 atom stereocenters. The molecule has 3 rings (SSSR count). The lowest BCUT2D eigenvalue weighted by atomic mass is 10.3. The van der Waals surface area contributed by atoms with Crippen molar-refractivity contribution in [2.75, 3.05) is 18.9 Å². The third-order valence-corrected chi connectivity index (χ3v) is 5.48. The van der Waals surface area contributed by atoms with Crippen LogP contribution in [-0.2, 0) is 16.0 Å². The smallest absolute Gasteiger partial charge is 0.243 e. The Morgan fingerprint density at radius 2 is 1.96 bits per heavy atom. The van der Waals surface area contributed by atoms with E-state index in [0.717, 1.165) is 9.88 Å². The highest BCUT2D eigenvalue weighted by Gasteiger charge is 2.16. The predicted octanol–water partition coefficient (Wildman–Crippen LogP) is 3.65. The van der Waals surface area contributed by atoms with Gasteiger partial charge in [0.15, 0.2) is 0 Å². The first-order valence-corrected chi connectivity index (χ1v) is 9.55. The van der Waals surface area contributed by atoms with E-state index in [4.69, 9.17) is 0 Å². The van der Waals surface area contributed by atoms with Crippen molar-refractivity contribution in [1.29, 1.82) is 0 Å². The molecule has 0 saturated carbocycles. The van der Waals surface area contributed by atoms with Crippen LogP contribution in [-0.4, -0.2) is 35.3 Å². The van der Waals surface area contributed by atoms with E-state index in [1.54, 1.807) is 18.4 Å². The van der Waals surface area contributed by atoms with Crippen LogP contribution >= 0.6 is 22.7 Å². The Bertz CT molecular complexity index is 892. The number of rotatable bonds is 6. The highest BCUT2D eigenvalue weighted by Crippen LogP contribution is 2.27. The molecular weight excluding hydrogens is 373 g/mol. The Morgan fingerprint density at radius 1 is 1.19 bits per heavy atom. The van der Waals surface area contributed by atoms with Gasteiger partial charge in [-0.15, -0.1) is 22.7 Å². The number of anilines is 1. The minimum absolute atomic E-state index is 0.0852. The van der Waals surface area contributed by atoms with Crippen molar-refractivity contribution < 1.29 is 14.0 Å². The zero-order valence-electron chi connectivity index (χ0n) is 13.9. The van der Waals surface area contributed by atoms with Crippen LogP contribution in [0.4, 0.5) is 10.1 Å². The number of aromatic nitrogens is 1. The number of carbonyl (C=O) groups excluding carboxylic acids is 2. The van der Waals surface area contributed by atoms with E-state index < -0.39 is 0 Å². The van der Waals surface area contributed by atoms with Crippen molar-refractivity contribution >= 4 is 40.2 Å². The van der Waals surface area contributed by atoms with Gasteiger partial charge in [-0.3, -0.25) is 9.59 Å². The summed E-state index contributed by atoms with van der Waals surface area (Å²) in [6.45, 7) is -0.0852. The maximum atomic E-state index is 12.9. The first-order chi connectivity index (χ1) is 12.5. The highest BCUT2D eigenvalue weighted by molar-refractivity contribution is 7.20. The van der Waals surface area contributed by atoms with Crippen LogP contribution in [0.3, 0.4) is 0 Å². The number of carbonyl (C=O) groups is 2. The normalized spacial score (nSPS) is 10.5. The summed E-state index contributed by atoms with van der Waals surface area (Å²) in [4.78, 5) is 31.2. The van der Waals surface area contributed by atoms with Gasteiger partial charge < -0.3 is 10.2 Å². The van der Waals surface area contributed by atoms with Gasteiger partial charge in [0.25, 0.3) is 0 Å². The van der Waals surface area contributed by atoms with Crippen LogP contribution in [0.2, 0.25) is 0 Å². The van der Waals surface area contributed by atoms with Gasteiger partial charge in [0.2, 0.25) is 11.8 Å². The Kier molecular flexibility index (Phi) is 5.75. The molecule has 1 aromatic carbocycles. The van der Waals surface area contributed by atoms with Gasteiger partial charge >= 0.3 is 0 Å². The summed E-state index contributed by atoms with van der Waals surface area (Å²) in [5.41, 5.74) is 1.17. The first kappa shape index (κ1) is 18.2. The zero-order chi connectivity index (χ0) is 18.5. The summed E-state index contributed by atoms with van der Waals surface area (Å²) < 4.78 is 12.9. The first-order valence-electron chi connectivity index (χ1n) is 7.79. The molecule has 0 saturated heterocycles. The molecular formula is C18H16FN3O2S2. The molecule has 3 aromatic rings. The maximum Gasteiger partial charge on any atom is 0.243 e. The van der Waals surface area contributed by atoms with Crippen LogP contribution in [0.5, 0.6) is 0 Å². The predicted molar refractivity (Wildman–Crippen MR) is 102 cm³/mol. The second kappa shape index (κ2) is 8.20. The topological polar surface area (TPSA) is 62.3 Å². The lowest BCUT2D eigenvalue weighted by Gasteiger charge is -2.16. The van der Waals surface area contributed by atoms with Gasteiger partial charge in [-0.05, 0) is 35.7 Å². The van der Waals surface area contributed by atoms with Crippen LogP contribution < -0.4 is 5.32 Å². The highest BCUT2D eigenvalue weighted by atomic mass is 32.1. The second-order valence-corrected chi connectivity index (χ2v) is 7.41. The number of likely N-dealkylation sites (N-methyl/N-ethyl adjacent to an activating group) is 1. The number of nitrogens with one attached hydrogen (secondary N) is 1. The van der Waals surface area contributed by atoms with Crippen molar-refractivity contribution in [2.45, 2.75) is 6.42 Å². The van der Waals surface area contributed by atoms with E-state index in [1.807, 2.05) is 22.9 Å². The number of thiophene rings is 1. The summed E-state index contributed by atoms with van der Waals surface area (Å²) in [6, 6.07) is 9.41. The van der Waals surface area contributed by atoms with Gasteiger partial charge in [0.05, 0.1) is 23.5 Å². The van der Waals surface area contributed by atoms with E-state index in [1.165, 1.54) is 40.5 Å². The van der Waals surface area contributed by atoms with Crippen LogP contribution in [0.25, 0.3) is 9.88 Å². The molecule has 0 radical (unpaired) electrons. The molecule has 26 heavy (non-hydrogen) atoms. The van der Waals surface area contributed by atoms with Crippen molar-refractivity contribution in [2.24, 2.45) is 0 Å². The average Bonchev–Trinajstić information content (AvgIpc) is 3.28. The van der Waals surface area contributed by atoms with E-state index in [0.29, 0.717) is 11.4 Å². The molecule has 0 aliphatic heterocycles. The van der Waals surface area contributed by atoms with Gasteiger partial charge in [-0.1, -0.05) is 6.07 Å². The largest absolute Gasteiger partial charge is 0.336 e.